The Kier molecular flexibility index (Phi) is 3.68. The average Bonchev–Trinajstić information content (AvgIpc) is 2.25. The van der Waals surface area contributed by atoms with Gasteiger partial charge < -0.3 is 4.74 Å². The molecule has 0 heterocycles. The van der Waals surface area contributed by atoms with Gasteiger partial charge in [-0.05, 0) is 50.3 Å². The van der Waals surface area contributed by atoms with Crippen LogP contribution in [0, 0.1) is 6.92 Å². The summed E-state index contributed by atoms with van der Waals surface area (Å²) in [5, 5.41) is 0. The molecule has 1 aromatic rings. The Hall–Kier alpha value is -0.500. The van der Waals surface area contributed by atoms with Crippen molar-refractivity contribution >= 4 is 15.9 Å². The third-order valence-corrected chi connectivity index (χ3v) is 3.85. The number of hydrogen-bond donors (Lipinski definition) is 0. The molecular formula is C13H17BrO. The average molecular weight is 269 g/mol. The lowest BCUT2D eigenvalue weighted by molar-refractivity contribution is 0.155. The van der Waals surface area contributed by atoms with Gasteiger partial charge in [0.2, 0.25) is 0 Å². The summed E-state index contributed by atoms with van der Waals surface area (Å²) >= 11 is 3.53. The summed E-state index contributed by atoms with van der Waals surface area (Å²) in [4.78, 5) is 0. The van der Waals surface area contributed by atoms with E-state index in [0.717, 1.165) is 10.2 Å². The van der Waals surface area contributed by atoms with Crippen LogP contribution in [0.3, 0.4) is 0 Å². The highest BCUT2D eigenvalue weighted by Crippen LogP contribution is 2.26. The molecule has 1 nitrogen and oxygen atoms in total. The molecule has 2 heteroatoms. The zero-order valence-electron chi connectivity index (χ0n) is 9.13. The Balaban J connectivity index is 2.00. The lowest BCUT2D eigenvalue weighted by Gasteiger charge is -2.23. The van der Waals surface area contributed by atoms with Crippen LogP contribution < -0.4 is 4.74 Å². The first-order chi connectivity index (χ1) is 7.25. The van der Waals surface area contributed by atoms with Gasteiger partial charge in [0.15, 0.2) is 0 Å². The van der Waals surface area contributed by atoms with Gasteiger partial charge in [0.05, 0.1) is 6.10 Å². The van der Waals surface area contributed by atoms with Crippen molar-refractivity contribution < 1.29 is 4.74 Å². The first kappa shape index (κ1) is 11.0. The number of aryl methyl sites for hydroxylation is 1. The van der Waals surface area contributed by atoms with E-state index in [9.17, 15) is 0 Å². The summed E-state index contributed by atoms with van der Waals surface area (Å²) in [6.45, 7) is 2.09. The van der Waals surface area contributed by atoms with Gasteiger partial charge in [-0.2, -0.15) is 0 Å². The summed E-state index contributed by atoms with van der Waals surface area (Å²) in [6, 6.07) is 6.24. The van der Waals surface area contributed by atoms with E-state index in [1.54, 1.807) is 0 Å². The van der Waals surface area contributed by atoms with Gasteiger partial charge >= 0.3 is 0 Å². The second-order valence-corrected chi connectivity index (χ2v) is 5.14. The molecule has 0 atom stereocenters. The van der Waals surface area contributed by atoms with Crippen LogP contribution in [0.4, 0.5) is 0 Å². The standard InChI is InChI=1S/C13H17BrO/c1-10-7-8-12(9-13(10)14)15-11-5-3-2-4-6-11/h7-9,11H,2-6H2,1H3. The van der Waals surface area contributed by atoms with Crippen LogP contribution in [0.5, 0.6) is 5.75 Å². The molecule has 0 N–H and O–H groups in total. The van der Waals surface area contributed by atoms with Crippen LogP contribution in [-0.2, 0) is 0 Å². The minimum Gasteiger partial charge on any atom is -0.490 e. The molecular weight excluding hydrogens is 252 g/mol. The van der Waals surface area contributed by atoms with Crippen LogP contribution in [0.25, 0.3) is 0 Å². The largest absolute Gasteiger partial charge is 0.490 e. The first-order valence-corrected chi connectivity index (χ1v) is 6.48. The molecule has 2 rings (SSSR count). The van der Waals surface area contributed by atoms with Crippen LogP contribution in [0.2, 0.25) is 0 Å². The van der Waals surface area contributed by atoms with E-state index in [4.69, 9.17) is 4.74 Å². The van der Waals surface area contributed by atoms with Crippen LogP contribution in [-0.4, -0.2) is 6.10 Å². The number of benzene rings is 1. The Bertz CT molecular complexity index is 329. The maximum absolute atomic E-state index is 5.96. The summed E-state index contributed by atoms with van der Waals surface area (Å²) in [7, 11) is 0. The van der Waals surface area contributed by atoms with Gasteiger partial charge in [0, 0.05) is 4.47 Å². The highest BCUT2D eigenvalue weighted by Gasteiger charge is 2.14. The van der Waals surface area contributed by atoms with Crippen molar-refractivity contribution in [2.75, 3.05) is 0 Å². The Morgan fingerprint density at radius 2 is 1.93 bits per heavy atom. The van der Waals surface area contributed by atoms with Crippen molar-refractivity contribution in [1.29, 1.82) is 0 Å². The second-order valence-electron chi connectivity index (χ2n) is 4.29. The molecule has 0 bridgehead atoms. The summed E-state index contributed by atoms with van der Waals surface area (Å²) in [5.41, 5.74) is 1.26. The topological polar surface area (TPSA) is 9.23 Å². The van der Waals surface area contributed by atoms with E-state index in [-0.39, 0.29) is 0 Å². The molecule has 82 valence electrons. The Morgan fingerprint density at radius 1 is 1.20 bits per heavy atom. The fourth-order valence-corrected chi connectivity index (χ4v) is 2.38. The fourth-order valence-electron chi connectivity index (χ4n) is 2.02. The summed E-state index contributed by atoms with van der Waals surface area (Å²) in [5.74, 6) is 0.999. The predicted octanol–water partition coefficient (Wildman–Crippen LogP) is 4.47. The number of ether oxygens (including phenoxy) is 1. The van der Waals surface area contributed by atoms with Crippen molar-refractivity contribution in [1.82, 2.24) is 0 Å². The van der Waals surface area contributed by atoms with Gasteiger partial charge in [-0.1, -0.05) is 28.4 Å². The zero-order valence-corrected chi connectivity index (χ0v) is 10.7. The third-order valence-electron chi connectivity index (χ3n) is 3.00. The van der Waals surface area contributed by atoms with Crippen LogP contribution in [0.1, 0.15) is 37.7 Å². The van der Waals surface area contributed by atoms with Crippen molar-refractivity contribution in [2.45, 2.75) is 45.1 Å². The third kappa shape index (κ3) is 2.97. The maximum Gasteiger partial charge on any atom is 0.120 e. The minimum absolute atomic E-state index is 0.438. The van der Waals surface area contributed by atoms with E-state index in [2.05, 4.69) is 41.1 Å². The molecule has 0 saturated heterocycles. The Morgan fingerprint density at radius 3 is 2.60 bits per heavy atom. The van der Waals surface area contributed by atoms with Crippen molar-refractivity contribution in [3.8, 4) is 5.75 Å². The van der Waals surface area contributed by atoms with Crippen LogP contribution >= 0.6 is 15.9 Å². The predicted molar refractivity (Wildman–Crippen MR) is 66.4 cm³/mol. The molecule has 0 spiro atoms. The minimum atomic E-state index is 0.438. The van der Waals surface area contributed by atoms with E-state index >= 15 is 0 Å². The lowest BCUT2D eigenvalue weighted by atomic mass is 9.98. The van der Waals surface area contributed by atoms with E-state index in [1.165, 1.54) is 37.7 Å². The molecule has 0 radical (unpaired) electrons. The van der Waals surface area contributed by atoms with Crippen molar-refractivity contribution in [2.24, 2.45) is 0 Å². The fraction of sp³-hybridized carbons (Fsp3) is 0.538. The molecule has 0 amide bonds. The molecule has 1 aromatic carbocycles. The highest BCUT2D eigenvalue weighted by molar-refractivity contribution is 9.10. The van der Waals surface area contributed by atoms with Gasteiger partial charge in [0.1, 0.15) is 5.75 Å². The first-order valence-electron chi connectivity index (χ1n) is 5.68. The maximum atomic E-state index is 5.96. The molecule has 1 aliphatic rings. The summed E-state index contributed by atoms with van der Waals surface area (Å²) < 4.78 is 7.10. The number of halogens is 1. The van der Waals surface area contributed by atoms with Crippen LogP contribution in [0.15, 0.2) is 22.7 Å². The second kappa shape index (κ2) is 5.02. The van der Waals surface area contributed by atoms with Gasteiger partial charge in [-0.15, -0.1) is 0 Å². The monoisotopic (exact) mass is 268 g/mol. The van der Waals surface area contributed by atoms with Gasteiger partial charge in [0.25, 0.3) is 0 Å². The molecule has 1 aliphatic carbocycles. The van der Waals surface area contributed by atoms with Crippen molar-refractivity contribution in [3.63, 3.8) is 0 Å². The number of hydrogen-bond acceptors (Lipinski definition) is 1. The molecule has 0 aliphatic heterocycles. The van der Waals surface area contributed by atoms with Crippen molar-refractivity contribution in [3.05, 3.63) is 28.2 Å². The summed E-state index contributed by atoms with van der Waals surface area (Å²) in [6.07, 6.45) is 6.87. The smallest absolute Gasteiger partial charge is 0.120 e. The normalized spacial score (nSPS) is 17.7. The highest BCUT2D eigenvalue weighted by atomic mass is 79.9. The van der Waals surface area contributed by atoms with E-state index in [1.807, 2.05) is 0 Å². The van der Waals surface area contributed by atoms with E-state index < -0.39 is 0 Å². The molecule has 15 heavy (non-hydrogen) atoms. The SMILES string of the molecule is Cc1ccc(OC2CCCCC2)cc1Br. The molecule has 1 fully saturated rings. The number of rotatable bonds is 2. The molecule has 1 saturated carbocycles. The van der Waals surface area contributed by atoms with E-state index in [0.29, 0.717) is 6.10 Å². The zero-order chi connectivity index (χ0) is 10.7. The van der Waals surface area contributed by atoms with Gasteiger partial charge in [-0.25, -0.2) is 0 Å². The molecule has 0 unspecified atom stereocenters. The van der Waals surface area contributed by atoms with Gasteiger partial charge in [-0.3, -0.25) is 0 Å². The lowest BCUT2D eigenvalue weighted by Crippen LogP contribution is -2.19. The Labute approximate surface area is 100.0 Å². The quantitative estimate of drug-likeness (QED) is 0.769. The molecule has 0 aromatic heterocycles.